The van der Waals surface area contributed by atoms with Crippen LogP contribution >= 0.6 is 0 Å². The molecule has 1 saturated heterocycles. The Morgan fingerprint density at radius 1 is 1.13 bits per heavy atom. The van der Waals surface area contributed by atoms with E-state index in [1.54, 1.807) is 24.1 Å². The van der Waals surface area contributed by atoms with Gasteiger partial charge in [0.2, 0.25) is 5.91 Å². The molecule has 2 bridgehead atoms. The minimum atomic E-state index is -4.82. The van der Waals surface area contributed by atoms with Crippen molar-refractivity contribution in [3.8, 4) is 17.2 Å². The fourth-order valence-corrected chi connectivity index (χ4v) is 8.57. The van der Waals surface area contributed by atoms with Crippen molar-refractivity contribution >= 4 is 12.0 Å². The number of benzene rings is 3. The molecule has 2 aliphatic heterocycles. The smallest absolute Gasteiger partial charge is 0.504 e. The summed E-state index contributed by atoms with van der Waals surface area (Å²) in [7, 11) is 1.67. The molecule has 4 aliphatic rings. The van der Waals surface area contributed by atoms with Crippen LogP contribution in [0.25, 0.3) is 6.08 Å². The highest BCUT2D eigenvalue weighted by atomic mass is 19.4. The molecular weight excluding hydrogens is 585 g/mol. The third-order valence-electron chi connectivity index (χ3n) is 10.4. The van der Waals surface area contributed by atoms with Crippen LogP contribution in [0.15, 0.2) is 72.8 Å². The quantitative estimate of drug-likeness (QED) is 0.353. The maximum Gasteiger partial charge on any atom is 0.573 e. The van der Waals surface area contributed by atoms with Gasteiger partial charge in [0.25, 0.3) is 0 Å². The number of ether oxygens (including phenoxy) is 2. The lowest BCUT2D eigenvalue weighted by Crippen LogP contribution is -2.81. The van der Waals surface area contributed by atoms with E-state index in [1.165, 1.54) is 35.9 Å². The van der Waals surface area contributed by atoms with Gasteiger partial charge in [-0.1, -0.05) is 48.5 Å². The van der Waals surface area contributed by atoms with Gasteiger partial charge in [0.05, 0.1) is 11.5 Å². The Hall–Kier alpha value is -4.02. The largest absolute Gasteiger partial charge is 0.573 e. The van der Waals surface area contributed by atoms with E-state index in [2.05, 4.69) is 21.8 Å². The molecule has 0 aromatic heterocycles. The molecule has 10 heteroatoms. The van der Waals surface area contributed by atoms with Crippen LogP contribution in [0, 0.1) is 0 Å². The van der Waals surface area contributed by atoms with E-state index in [0.717, 1.165) is 30.6 Å². The number of aromatic hydroxyl groups is 1. The molecule has 3 aromatic rings. The highest BCUT2D eigenvalue weighted by Crippen LogP contribution is 2.66. The summed E-state index contributed by atoms with van der Waals surface area (Å²) in [6.07, 6.45) is 0.670. The van der Waals surface area contributed by atoms with Crippen LogP contribution < -0.4 is 9.47 Å². The van der Waals surface area contributed by atoms with Crippen LogP contribution in [0.5, 0.6) is 17.2 Å². The monoisotopic (exact) mass is 620 g/mol. The highest BCUT2D eigenvalue weighted by molar-refractivity contribution is 5.92. The van der Waals surface area contributed by atoms with Gasteiger partial charge in [-0.2, -0.15) is 0 Å². The fourth-order valence-electron chi connectivity index (χ4n) is 8.57. The van der Waals surface area contributed by atoms with Gasteiger partial charge in [-0.3, -0.25) is 9.69 Å². The SMILES string of the molecule is CN(C(=O)/C=C/c1cccc(OC(F)(F)F)c1)C1CCC2Oc3c(O)ccc4c3[C@@]23CCN(CCc2ccccc2)[C@H](C4)[C@]13O. The van der Waals surface area contributed by atoms with Gasteiger partial charge in [0.15, 0.2) is 11.5 Å². The van der Waals surface area contributed by atoms with Crippen LogP contribution in [0.3, 0.4) is 0 Å². The first kappa shape index (κ1) is 29.7. The fraction of sp³-hybridized carbons (Fsp3) is 0.400. The number of nitrogens with zero attached hydrogens (tertiary/aromatic N) is 2. The first-order valence-electron chi connectivity index (χ1n) is 15.3. The van der Waals surface area contributed by atoms with Crippen LogP contribution in [0.1, 0.15) is 41.5 Å². The van der Waals surface area contributed by atoms with Gasteiger partial charge in [-0.15, -0.1) is 13.2 Å². The number of phenols is 1. The van der Waals surface area contributed by atoms with Crippen molar-refractivity contribution in [3.63, 3.8) is 0 Å². The Kier molecular flexibility index (Phi) is 7.13. The topological polar surface area (TPSA) is 82.5 Å². The molecule has 2 heterocycles. The van der Waals surface area contributed by atoms with Crippen molar-refractivity contribution < 1.29 is 37.7 Å². The second-order valence-electron chi connectivity index (χ2n) is 12.6. The molecular formula is C35H35F3N2O5. The van der Waals surface area contributed by atoms with Crippen LogP contribution in [0.4, 0.5) is 13.2 Å². The van der Waals surface area contributed by atoms with Gasteiger partial charge < -0.3 is 24.6 Å². The molecule has 5 atom stereocenters. The summed E-state index contributed by atoms with van der Waals surface area (Å²) in [4.78, 5) is 17.6. The average Bonchev–Trinajstić information content (AvgIpc) is 3.35. The number of halogens is 3. The molecule has 1 spiro atoms. The summed E-state index contributed by atoms with van der Waals surface area (Å²) in [5, 5.41) is 24.0. The third-order valence-corrected chi connectivity index (χ3v) is 10.4. The molecule has 7 rings (SSSR count). The number of aliphatic hydroxyl groups is 1. The Balaban J connectivity index is 1.22. The zero-order valence-corrected chi connectivity index (χ0v) is 24.8. The lowest BCUT2D eigenvalue weighted by atomic mass is 9.47. The molecule has 1 saturated carbocycles. The van der Waals surface area contributed by atoms with Crippen molar-refractivity contribution in [2.45, 2.75) is 67.7 Å². The molecule has 2 unspecified atom stereocenters. The third kappa shape index (κ3) is 4.77. The Morgan fingerprint density at radius 2 is 1.93 bits per heavy atom. The van der Waals surface area contributed by atoms with Gasteiger partial charge in [-0.05, 0) is 79.6 Å². The molecule has 2 fully saturated rings. The summed E-state index contributed by atoms with van der Waals surface area (Å²) >= 11 is 0. The highest BCUT2D eigenvalue weighted by Gasteiger charge is 2.74. The zero-order valence-electron chi connectivity index (χ0n) is 24.8. The standard InChI is InChI=1S/C35H35F3N2O5/c1-39(30(42)15-10-23-8-5-9-25(20-23)45-35(36,37)38)27-13-14-29-33-17-19-40(18-16-22-6-3-2-4-7-22)28(34(27,33)43)21-24-11-12-26(41)32(44-29)31(24)33/h2-12,15,20,27-29,41,43H,13-14,16-19,21H2,1H3/b15-10+/t27?,28-,29?,33-,34-/m1/s1. The number of alkyl halides is 3. The second-order valence-corrected chi connectivity index (χ2v) is 12.6. The van der Waals surface area contributed by atoms with Crippen LogP contribution in [0.2, 0.25) is 0 Å². The van der Waals surface area contributed by atoms with Crippen LogP contribution in [-0.4, -0.2) is 76.2 Å². The molecule has 0 radical (unpaired) electrons. The predicted octanol–water partition coefficient (Wildman–Crippen LogP) is 5.23. The van der Waals surface area contributed by atoms with E-state index in [9.17, 15) is 28.2 Å². The molecule has 1 amide bonds. The summed E-state index contributed by atoms with van der Waals surface area (Å²) in [5.74, 6) is -0.241. The van der Waals surface area contributed by atoms with Gasteiger partial charge in [-0.25, -0.2) is 0 Å². The number of phenolic OH excluding ortho intramolecular Hbond substituents is 1. The summed E-state index contributed by atoms with van der Waals surface area (Å²) in [5.41, 5.74) is 1.33. The maximum atomic E-state index is 13.7. The summed E-state index contributed by atoms with van der Waals surface area (Å²) < 4.78 is 48.6. The molecule has 3 aromatic carbocycles. The molecule has 7 nitrogen and oxygen atoms in total. The Bertz CT molecular complexity index is 1650. The van der Waals surface area contributed by atoms with E-state index in [0.29, 0.717) is 37.0 Å². The first-order valence-corrected chi connectivity index (χ1v) is 15.3. The minimum Gasteiger partial charge on any atom is -0.504 e. The molecule has 236 valence electrons. The van der Waals surface area contributed by atoms with Crippen molar-refractivity contribution in [2.75, 3.05) is 20.1 Å². The molecule has 2 N–H and O–H groups in total. The minimum absolute atomic E-state index is 0.0606. The normalized spacial score (nSPS) is 28.4. The van der Waals surface area contributed by atoms with Gasteiger partial charge >= 0.3 is 6.36 Å². The first-order chi connectivity index (χ1) is 21.5. The molecule has 45 heavy (non-hydrogen) atoms. The van der Waals surface area contributed by atoms with E-state index in [4.69, 9.17) is 4.74 Å². The lowest BCUT2D eigenvalue weighted by molar-refractivity contribution is -0.274. The number of hydrogen-bond acceptors (Lipinski definition) is 6. The van der Waals surface area contributed by atoms with Crippen molar-refractivity contribution in [1.82, 2.24) is 9.80 Å². The van der Waals surface area contributed by atoms with Gasteiger partial charge in [0, 0.05) is 31.3 Å². The second kappa shape index (κ2) is 10.8. The van der Waals surface area contributed by atoms with E-state index >= 15 is 0 Å². The van der Waals surface area contributed by atoms with Gasteiger partial charge in [0.1, 0.15) is 17.5 Å². The number of rotatable bonds is 7. The number of carbonyl (C=O) groups excluding carboxylic acids is 1. The Labute approximate surface area is 259 Å². The average molecular weight is 621 g/mol. The van der Waals surface area contributed by atoms with E-state index < -0.39 is 23.4 Å². The predicted molar refractivity (Wildman–Crippen MR) is 161 cm³/mol. The number of piperidine rings is 1. The van der Waals surface area contributed by atoms with Crippen LogP contribution in [-0.2, 0) is 23.1 Å². The number of carbonyl (C=O) groups is 1. The zero-order chi connectivity index (χ0) is 31.6. The molecule has 2 aliphatic carbocycles. The number of amides is 1. The lowest BCUT2D eigenvalue weighted by Gasteiger charge is -2.66. The van der Waals surface area contributed by atoms with Crippen molar-refractivity contribution in [1.29, 1.82) is 0 Å². The van der Waals surface area contributed by atoms with E-state index in [-0.39, 0.29) is 29.6 Å². The summed E-state index contributed by atoms with van der Waals surface area (Å²) in [6, 6.07) is 18.4. The summed E-state index contributed by atoms with van der Waals surface area (Å²) in [6.45, 7) is 1.48. The Morgan fingerprint density at radius 3 is 2.71 bits per heavy atom. The van der Waals surface area contributed by atoms with Crippen molar-refractivity contribution in [2.24, 2.45) is 0 Å². The number of hydrogen-bond donors (Lipinski definition) is 2. The van der Waals surface area contributed by atoms with E-state index in [1.807, 2.05) is 24.3 Å². The van der Waals surface area contributed by atoms with Crippen molar-refractivity contribution in [3.05, 3.63) is 95.1 Å². The maximum absolute atomic E-state index is 13.7. The number of likely N-dealkylation sites (tertiary alicyclic amines) is 1. The number of likely N-dealkylation sites (N-methyl/N-ethyl adjacent to an activating group) is 1.